The van der Waals surface area contributed by atoms with Gasteiger partial charge in [0.2, 0.25) is 7.85 Å². The standard InChI is InChI=1S/C9H16BNO3/c10-9(14)11-7(8(12)13)6-4-2-1-3-5-6/h6-7H,1-5,10H2,(H,11,14)(H,12,13). The molecule has 0 spiro atoms. The van der Waals surface area contributed by atoms with Crippen molar-refractivity contribution in [3.05, 3.63) is 0 Å². The Morgan fingerprint density at radius 3 is 2.29 bits per heavy atom. The van der Waals surface area contributed by atoms with Crippen LogP contribution in [0, 0.1) is 5.92 Å². The molecule has 1 rings (SSSR count). The van der Waals surface area contributed by atoms with E-state index in [1.807, 2.05) is 0 Å². The molecule has 1 unspecified atom stereocenters. The van der Waals surface area contributed by atoms with E-state index in [9.17, 15) is 9.59 Å². The second kappa shape index (κ2) is 5.03. The van der Waals surface area contributed by atoms with E-state index in [2.05, 4.69) is 5.32 Å². The Hall–Kier alpha value is -0.995. The average molecular weight is 197 g/mol. The van der Waals surface area contributed by atoms with Crippen LogP contribution in [0.5, 0.6) is 0 Å². The van der Waals surface area contributed by atoms with Crippen molar-refractivity contribution < 1.29 is 14.7 Å². The van der Waals surface area contributed by atoms with Crippen LogP contribution in [0.2, 0.25) is 0 Å². The molecule has 0 aromatic heterocycles. The third-order valence-corrected chi connectivity index (χ3v) is 2.75. The lowest BCUT2D eigenvalue weighted by Gasteiger charge is -2.27. The summed E-state index contributed by atoms with van der Waals surface area (Å²) in [4.78, 5) is 21.7. The number of carbonyl (C=O) groups is 2. The van der Waals surface area contributed by atoms with Gasteiger partial charge in [0.05, 0.1) is 0 Å². The van der Waals surface area contributed by atoms with Gasteiger partial charge >= 0.3 is 5.97 Å². The first-order valence-corrected chi connectivity index (χ1v) is 5.11. The summed E-state index contributed by atoms with van der Waals surface area (Å²) >= 11 is 0. The zero-order valence-electron chi connectivity index (χ0n) is 8.45. The van der Waals surface area contributed by atoms with Crippen molar-refractivity contribution in [1.82, 2.24) is 5.32 Å². The summed E-state index contributed by atoms with van der Waals surface area (Å²) in [7, 11) is 1.36. The fraction of sp³-hybridized carbons (Fsp3) is 0.778. The molecule has 0 heterocycles. The van der Waals surface area contributed by atoms with Gasteiger partial charge in [0.1, 0.15) is 6.04 Å². The highest BCUT2D eigenvalue weighted by Gasteiger charge is 2.29. The molecule has 0 aromatic rings. The van der Waals surface area contributed by atoms with E-state index in [0.717, 1.165) is 25.7 Å². The van der Waals surface area contributed by atoms with Crippen LogP contribution >= 0.6 is 0 Å². The van der Waals surface area contributed by atoms with Gasteiger partial charge in [0, 0.05) is 0 Å². The molecule has 4 nitrogen and oxygen atoms in total. The van der Waals surface area contributed by atoms with E-state index >= 15 is 0 Å². The number of carboxylic acid groups (broad SMARTS) is 1. The molecule has 14 heavy (non-hydrogen) atoms. The Balaban J connectivity index is 2.56. The Kier molecular flexibility index (Phi) is 3.98. The fourth-order valence-electron chi connectivity index (χ4n) is 2.07. The molecule has 1 fully saturated rings. The van der Waals surface area contributed by atoms with Crippen molar-refractivity contribution in [2.24, 2.45) is 5.92 Å². The van der Waals surface area contributed by atoms with Crippen LogP contribution in [0.15, 0.2) is 0 Å². The van der Waals surface area contributed by atoms with Crippen LogP contribution in [0.3, 0.4) is 0 Å². The Bertz CT molecular complexity index is 226. The predicted octanol–water partition coefficient (Wildman–Crippen LogP) is 0.363. The van der Waals surface area contributed by atoms with Crippen LogP contribution in [0.4, 0.5) is 4.79 Å². The average Bonchev–Trinajstić information content (AvgIpc) is 2.15. The summed E-state index contributed by atoms with van der Waals surface area (Å²) < 4.78 is 0. The van der Waals surface area contributed by atoms with Gasteiger partial charge in [0.25, 0.3) is 0 Å². The molecule has 1 aliphatic rings. The molecular formula is C9H16BNO3. The maximum atomic E-state index is 10.9. The molecule has 0 aromatic carbocycles. The number of carboxylic acids is 1. The third kappa shape index (κ3) is 3.05. The molecule has 0 saturated heterocycles. The molecule has 1 amide bonds. The van der Waals surface area contributed by atoms with E-state index in [4.69, 9.17) is 5.11 Å². The number of hydrogen-bond donors (Lipinski definition) is 2. The van der Waals surface area contributed by atoms with Gasteiger partial charge in [-0.25, -0.2) is 4.79 Å². The first kappa shape index (κ1) is 11.1. The molecule has 5 heteroatoms. The largest absolute Gasteiger partial charge is 0.480 e. The van der Waals surface area contributed by atoms with Crippen molar-refractivity contribution in [3.63, 3.8) is 0 Å². The first-order chi connectivity index (χ1) is 6.61. The highest BCUT2D eigenvalue weighted by atomic mass is 16.4. The van der Waals surface area contributed by atoms with Gasteiger partial charge in [-0.15, -0.1) is 0 Å². The maximum Gasteiger partial charge on any atom is 0.326 e. The maximum absolute atomic E-state index is 10.9. The third-order valence-electron chi connectivity index (χ3n) is 2.75. The number of nitrogens with one attached hydrogen (secondary N) is 1. The monoisotopic (exact) mass is 197 g/mol. The molecular weight excluding hydrogens is 181 g/mol. The van der Waals surface area contributed by atoms with Gasteiger partial charge in [-0.1, -0.05) is 19.3 Å². The molecule has 0 bridgehead atoms. The molecule has 0 radical (unpaired) electrons. The molecule has 0 aliphatic heterocycles. The van der Waals surface area contributed by atoms with Gasteiger partial charge < -0.3 is 10.4 Å². The number of amides is 1. The minimum atomic E-state index is -0.910. The van der Waals surface area contributed by atoms with Crippen molar-refractivity contribution >= 4 is 19.6 Å². The number of rotatable bonds is 3. The summed E-state index contributed by atoms with van der Waals surface area (Å²) in [6, 6.07) is -0.687. The summed E-state index contributed by atoms with van der Waals surface area (Å²) in [5.41, 5.74) is 0. The van der Waals surface area contributed by atoms with Gasteiger partial charge in [-0.3, -0.25) is 4.79 Å². The second-order valence-electron chi connectivity index (χ2n) is 3.91. The minimum absolute atomic E-state index is 0.116. The zero-order chi connectivity index (χ0) is 10.6. The molecule has 2 N–H and O–H groups in total. The van der Waals surface area contributed by atoms with Crippen LogP contribution in [-0.4, -0.2) is 30.8 Å². The number of aliphatic carboxylic acids is 1. The molecule has 1 atom stereocenters. The van der Waals surface area contributed by atoms with E-state index in [-0.39, 0.29) is 11.7 Å². The topological polar surface area (TPSA) is 66.4 Å². The lowest BCUT2D eigenvalue weighted by molar-refractivity contribution is -0.140. The zero-order valence-corrected chi connectivity index (χ0v) is 8.45. The summed E-state index contributed by atoms with van der Waals surface area (Å²) in [5.74, 6) is -1.06. The quantitative estimate of drug-likeness (QED) is 0.642. The SMILES string of the molecule is BC(=O)NC(C(=O)O)C1CCCCC1. The summed E-state index contributed by atoms with van der Waals surface area (Å²) in [6.07, 6.45) is 5.17. The van der Waals surface area contributed by atoms with E-state index < -0.39 is 12.0 Å². The van der Waals surface area contributed by atoms with E-state index in [1.54, 1.807) is 0 Å². The molecule has 78 valence electrons. The van der Waals surface area contributed by atoms with Crippen molar-refractivity contribution in [1.29, 1.82) is 0 Å². The first-order valence-electron chi connectivity index (χ1n) is 5.11. The van der Waals surface area contributed by atoms with E-state index in [0.29, 0.717) is 0 Å². The Morgan fingerprint density at radius 1 is 1.29 bits per heavy atom. The molecule has 1 saturated carbocycles. The summed E-state index contributed by atoms with van der Waals surface area (Å²) in [5, 5.41) is 11.5. The highest BCUT2D eigenvalue weighted by molar-refractivity contribution is 6.57. The van der Waals surface area contributed by atoms with Gasteiger partial charge in [-0.05, 0) is 18.8 Å². The Labute approximate surface area is 84.5 Å². The minimum Gasteiger partial charge on any atom is -0.480 e. The van der Waals surface area contributed by atoms with Gasteiger partial charge in [-0.2, -0.15) is 0 Å². The lowest BCUT2D eigenvalue weighted by Crippen LogP contribution is -2.46. The van der Waals surface area contributed by atoms with Crippen molar-refractivity contribution in [2.45, 2.75) is 38.1 Å². The predicted molar refractivity (Wildman–Crippen MR) is 55.1 cm³/mol. The van der Waals surface area contributed by atoms with Crippen LogP contribution in [-0.2, 0) is 4.79 Å². The van der Waals surface area contributed by atoms with Crippen LogP contribution in [0.25, 0.3) is 0 Å². The summed E-state index contributed by atoms with van der Waals surface area (Å²) in [6.45, 7) is 0. The highest BCUT2D eigenvalue weighted by Crippen LogP contribution is 2.26. The van der Waals surface area contributed by atoms with Crippen molar-refractivity contribution in [2.75, 3.05) is 0 Å². The number of hydrogen-bond acceptors (Lipinski definition) is 2. The fourth-order valence-corrected chi connectivity index (χ4v) is 2.07. The van der Waals surface area contributed by atoms with Crippen molar-refractivity contribution in [3.8, 4) is 0 Å². The normalized spacial score (nSPS) is 20.0. The second-order valence-corrected chi connectivity index (χ2v) is 3.91. The lowest BCUT2D eigenvalue weighted by atomic mass is 9.83. The van der Waals surface area contributed by atoms with Gasteiger partial charge in [0.15, 0.2) is 5.81 Å². The number of carbonyl (C=O) groups excluding carboxylic acids is 1. The smallest absolute Gasteiger partial charge is 0.326 e. The van der Waals surface area contributed by atoms with Crippen LogP contribution in [0.1, 0.15) is 32.1 Å². The Morgan fingerprint density at radius 2 is 1.86 bits per heavy atom. The van der Waals surface area contributed by atoms with Crippen LogP contribution < -0.4 is 5.32 Å². The van der Waals surface area contributed by atoms with E-state index in [1.165, 1.54) is 14.3 Å². The molecule has 1 aliphatic carbocycles.